The predicted molar refractivity (Wildman–Crippen MR) is 84.6 cm³/mol. The van der Waals surface area contributed by atoms with Gasteiger partial charge in [-0.3, -0.25) is 0 Å². The van der Waals surface area contributed by atoms with Crippen LogP contribution in [0.1, 0.15) is 13.3 Å². The second-order valence-electron chi connectivity index (χ2n) is 5.14. The third-order valence-corrected chi connectivity index (χ3v) is 3.54. The molecule has 0 bridgehead atoms. The van der Waals surface area contributed by atoms with Gasteiger partial charge in [-0.25, -0.2) is 0 Å². The maximum Gasteiger partial charge on any atom is 0.127 e. The van der Waals surface area contributed by atoms with Crippen LogP contribution in [0.4, 0.5) is 0 Å². The van der Waals surface area contributed by atoms with Crippen LogP contribution in [-0.2, 0) is 0 Å². The molecular formula is C17H23NO3. The van der Waals surface area contributed by atoms with E-state index in [2.05, 4.69) is 5.32 Å². The lowest BCUT2D eigenvalue weighted by atomic mass is 10.1. The molecule has 3 N–H and O–H groups in total. The van der Waals surface area contributed by atoms with Crippen molar-refractivity contribution in [1.29, 1.82) is 0 Å². The summed E-state index contributed by atoms with van der Waals surface area (Å²) in [6.45, 7) is 2.70. The van der Waals surface area contributed by atoms with E-state index in [1.54, 1.807) is 0 Å². The molecular weight excluding hydrogens is 266 g/mol. The molecule has 2 aromatic carbocycles. The normalized spacial score (nSPS) is 14.0. The molecule has 21 heavy (non-hydrogen) atoms. The topological polar surface area (TPSA) is 61.7 Å². The summed E-state index contributed by atoms with van der Waals surface area (Å²) in [6.07, 6.45) is 0.220. The zero-order chi connectivity index (χ0) is 15.1. The third-order valence-electron chi connectivity index (χ3n) is 3.54. The molecule has 0 heterocycles. The van der Waals surface area contributed by atoms with Gasteiger partial charge in [0.15, 0.2) is 0 Å². The minimum atomic E-state index is -0.607. The largest absolute Gasteiger partial charge is 0.490 e. The summed E-state index contributed by atoms with van der Waals surface area (Å²) in [6, 6.07) is 13.9. The highest BCUT2D eigenvalue weighted by Gasteiger charge is 2.10. The fourth-order valence-electron chi connectivity index (χ4n) is 2.21. The highest BCUT2D eigenvalue weighted by Crippen LogP contribution is 2.25. The Hall–Kier alpha value is -1.62. The summed E-state index contributed by atoms with van der Waals surface area (Å²) >= 11 is 0. The second kappa shape index (κ2) is 7.98. The molecule has 0 aliphatic carbocycles. The average molecular weight is 289 g/mol. The number of rotatable bonds is 8. The van der Waals surface area contributed by atoms with Crippen molar-refractivity contribution in [2.45, 2.75) is 25.5 Å². The molecule has 114 valence electrons. The molecule has 2 aromatic rings. The number of hydrogen-bond acceptors (Lipinski definition) is 4. The first-order chi connectivity index (χ1) is 10.2. The Morgan fingerprint density at radius 2 is 1.90 bits per heavy atom. The summed E-state index contributed by atoms with van der Waals surface area (Å²) in [5, 5.41) is 24.3. The molecule has 0 spiro atoms. The molecule has 0 saturated carbocycles. The Balaban J connectivity index is 1.89. The first-order valence-corrected chi connectivity index (χ1v) is 7.37. The molecule has 2 rings (SSSR count). The van der Waals surface area contributed by atoms with Gasteiger partial charge in [0.25, 0.3) is 0 Å². The van der Waals surface area contributed by atoms with Crippen molar-refractivity contribution in [3.8, 4) is 5.75 Å². The lowest BCUT2D eigenvalue weighted by molar-refractivity contribution is 0.100. The summed E-state index contributed by atoms with van der Waals surface area (Å²) in [5.41, 5.74) is 0. The summed E-state index contributed by atoms with van der Waals surface area (Å²) in [7, 11) is 0. The number of aliphatic hydroxyl groups excluding tert-OH is 2. The van der Waals surface area contributed by atoms with Gasteiger partial charge in [-0.05, 0) is 17.9 Å². The van der Waals surface area contributed by atoms with Crippen LogP contribution in [0.25, 0.3) is 10.8 Å². The Bertz CT molecular complexity index is 549. The van der Waals surface area contributed by atoms with E-state index in [0.29, 0.717) is 6.54 Å². The van der Waals surface area contributed by atoms with E-state index in [1.165, 1.54) is 0 Å². The smallest absolute Gasteiger partial charge is 0.127 e. The van der Waals surface area contributed by atoms with Crippen LogP contribution in [0, 0.1) is 0 Å². The Labute approximate surface area is 125 Å². The van der Waals surface area contributed by atoms with Crippen LogP contribution in [-0.4, -0.2) is 42.1 Å². The van der Waals surface area contributed by atoms with Gasteiger partial charge in [-0.15, -0.1) is 0 Å². The van der Waals surface area contributed by atoms with Crippen molar-refractivity contribution in [2.75, 3.05) is 19.8 Å². The third kappa shape index (κ3) is 4.43. The minimum absolute atomic E-state index is 0.0252. The number of fused-ring (bicyclic) bond motifs is 1. The molecule has 2 atom stereocenters. The van der Waals surface area contributed by atoms with Crippen LogP contribution < -0.4 is 10.1 Å². The molecule has 4 nitrogen and oxygen atoms in total. The summed E-state index contributed by atoms with van der Waals surface area (Å²) < 4.78 is 5.73. The quantitative estimate of drug-likeness (QED) is 0.695. The molecule has 2 unspecified atom stereocenters. The molecule has 0 fully saturated rings. The minimum Gasteiger partial charge on any atom is -0.490 e. The van der Waals surface area contributed by atoms with Gasteiger partial charge < -0.3 is 20.3 Å². The maximum atomic E-state index is 9.95. The Kier molecular flexibility index (Phi) is 5.99. The van der Waals surface area contributed by atoms with E-state index in [1.807, 2.05) is 49.4 Å². The number of ether oxygens (including phenoxy) is 1. The highest BCUT2D eigenvalue weighted by molar-refractivity contribution is 5.88. The van der Waals surface area contributed by atoms with Crippen LogP contribution in [0.5, 0.6) is 5.75 Å². The van der Waals surface area contributed by atoms with Crippen molar-refractivity contribution in [3.05, 3.63) is 42.5 Å². The van der Waals surface area contributed by atoms with Gasteiger partial charge in [0.05, 0.1) is 6.61 Å². The number of hydrogen-bond donors (Lipinski definition) is 3. The number of benzene rings is 2. The number of nitrogens with one attached hydrogen (secondary N) is 1. The molecule has 0 aliphatic heterocycles. The lowest BCUT2D eigenvalue weighted by Crippen LogP contribution is -2.39. The van der Waals surface area contributed by atoms with E-state index in [0.717, 1.165) is 22.9 Å². The van der Waals surface area contributed by atoms with E-state index in [-0.39, 0.29) is 19.3 Å². The van der Waals surface area contributed by atoms with Crippen molar-refractivity contribution < 1.29 is 14.9 Å². The predicted octanol–water partition coefficient (Wildman–Crippen LogP) is 1.94. The molecule has 0 amide bonds. The van der Waals surface area contributed by atoms with Crippen LogP contribution in [0.2, 0.25) is 0 Å². The first-order valence-electron chi connectivity index (χ1n) is 7.37. The van der Waals surface area contributed by atoms with Crippen molar-refractivity contribution >= 4 is 10.8 Å². The summed E-state index contributed by atoms with van der Waals surface area (Å²) in [4.78, 5) is 0. The second-order valence-corrected chi connectivity index (χ2v) is 5.14. The van der Waals surface area contributed by atoms with Crippen molar-refractivity contribution in [1.82, 2.24) is 5.32 Å². The Morgan fingerprint density at radius 3 is 2.67 bits per heavy atom. The van der Waals surface area contributed by atoms with Crippen LogP contribution in [0.15, 0.2) is 42.5 Å². The van der Waals surface area contributed by atoms with Crippen LogP contribution >= 0.6 is 0 Å². The SMILES string of the molecule is CCC(CO)NCC(O)COc1cccc2ccccc12. The first kappa shape index (κ1) is 15.8. The van der Waals surface area contributed by atoms with Crippen LogP contribution in [0.3, 0.4) is 0 Å². The molecule has 0 aromatic heterocycles. The van der Waals surface area contributed by atoms with Crippen molar-refractivity contribution in [2.24, 2.45) is 0 Å². The molecule has 0 radical (unpaired) electrons. The molecule has 0 aliphatic rings. The fraction of sp³-hybridized carbons (Fsp3) is 0.412. The molecule has 4 heteroatoms. The van der Waals surface area contributed by atoms with Crippen molar-refractivity contribution in [3.63, 3.8) is 0 Å². The monoisotopic (exact) mass is 289 g/mol. The van der Waals surface area contributed by atoms with Gasteiger partial charge in [0.1, 0.15) is 18.5 Å². The zero-order valence-corrected chi connectivity index (χ0v) is 12.3. The van der Waals surface area contributed by atoms with E-state index < -0.39 is 6.10 Å². The van der Waals surface area contributed by atoms with E-state index in [9.17, 15) is 5.11 Å². The van der Waals surface area contributed by atoms with Gasteiger partial charge in [0.2, 0.25) is 0 Å². The van der Waals surface area contributed by atoms with E-state index in [4.69, 9.17) is 9.84 Å². The van der Waals surface area contributed by atoms with Gasteiger partial charge in [0, 0.05) is 18.0 Å². The Morgan fingerprint density at radius 1 is 1.14 bits per heavy atom. The molecule has 0 saturated heterocycles. The standard InChI is InChI=1S/C17H23NO3/c1-2-14(11-19)18-10-15(20)12-21-17-9-5-7-13-6-3-4-8-16(13)17/h3-9,14-15,18-20H,2,10-12H2,1H3. The number of aliphatic hydroxyl groups is 2. The zero-order valence-electron chi connectivity index (χ0n) is 12.3. The van der Waals surface area contributed by atoms with Gasteiger partial charge >= 0.3 is 0 Å². The average Bonchev–Trinajstić information content (AvgIpc) is 2.53. The fourth-order valence-corrected chi connectivity index (χ4v) is 2.21. The maximum absolute atomic E-state index is 9.95. The lowest BCUT2D eigenvalue weighted by Gasteiger charge is -2.18. The van der Waals surface area contributed by atoms with Gasteiger partial charge in [-0.2, -0.15) is 0 Å². The van der Waals surface area contributed by atoms with Gasteiger partial charge in [-0.1, -0.05) is 43.3 Å². The summed E-state index contributed by atoms with van der Waals surface area (Å²) in [5.74, 6) is 0.779. The van der Waals surface area contributed by atoms with E-state index >= 15 is 0 Å². The highest BCUT2D eigenvalue weighted by atomic mass is 16.5.